The summed E-state index contributed by atoms with van der Waals surface area (Å²) in [7, 11) is 0. The first kappa shape index (κ1) is 23.4. The van der Waals surface area contributed by atoms with E-state index in [2.05, 4.69) is 20.2 Å². The van der Waals surface area contributed by atoms with Crippen LogP contribution in [0.25, 0.3) is 0 Å². The fourth-order valence-electron chi connectivity index (χ4n) is 3.46. The molecule has 0 radical (unpaired) electrons. The van der Waals surface area contributed by atoms with Gasteiger partial charge in [0, 0.05) is 51.5 Å². The molecule has 2 fully saturated rings. The SMILES string of the molecule is Cl.Cl.NC1(C(=O)NCCC(=O)N2CCN(c3ncccn3)CC2)CCCC1. The van der Waals surface area contributed by atoms with E-state index < -0.39 is 5.54 Å². The van der Waals surface area contributed by atoms with Crippen molar-refractivity contribution in [2.75, 3.05) is 37.6 Å². The number of amides is 2. The lowest BCUT2D eigenvalue weighted by molar-refractivity contribution is -0.131. The molecule has 152 valence electrons. The number of nitrogens with two attached hydrogens (primary N) is 1. The van der Waals surface area contributed by atoms with Gasteiger partial charge in [-0.25, -0.2) is 9.97 Å². The number of hydrogen-bond acceptors (Lipinski definition) is 6. The molecule has 1 aliphatic carbocycles. The summed E-state index contributed by atoms with van der Waals surface area (Å²) in [6.45, 7) is 3.07. The first-order chi connectivity index (χ1) is 12.1. The second-order valence-electron chi connectivity index (χ2n) is 6.79. The molecule has 2 amide bonds. The number of carbonyl (C=O) groups is 2. The molecule has 1 aliphatic heterocycles. The molecule has 0 bridgehead atoms. The molecule has 1 saturated carbocycles. The molecule has 3 rings (SSSR count). The molecule has 3 N–H and O–H groups in total. The number of anilines is 1. The summed E-state index contributed by atoms with van der Waals surface area (Å²) in [5.74, 6) is 0.641. The van der Waals surface area contributed by atoms with Gasteiger partial charge in [0.25, 0.3) is 0 Å². The number of rotatable bonds is 5. The van der Waals surface area contributed by atoms with Crippen LogP contribution in [-0.2, 0) is 9.59 Å². The molecule has 0 unspecified atom stereocenters. The van der Waals surface area contributed by atoms with Crippen LogP contribution in [0.5, 0.6) is 0 Å². The molecular formula is C17H28Cl2N6O2. The molecule has 0 atom stereocenters. The Hall–Kier alpha value is -1.64. The minimum Gasteiger partial charge on any atom is -0.354 e. The molecule has 1 saturated heterocycles. The van der Waals surface area contributed by atoms with E-state index in [-0.39, 0.29) is 36.6 Å². The third-order valence-corrected chi connectivity index (χ3v) is 5.04. The van der Waals surface area contributed by atoms with Crippen LogP contribution in [0.1, 0.15) is 32.1 Å². The maximum Gasteiger partial charge on any atom is 0.240 e. The minimum absolute atomic E-state index is 0. The summed E-state index contributed by atoms with van der Waals surface area (Å²) in [5.41, 5.74) is 5.38. The largest absolute Gasteiger partial charge is 0.354 e. The standard InChI is InChI=1S/C17H26N6O2.2ClH/c18-17(5-1-2-6-17)15(25)19-9-4-14(24)22-10-12-23(13-11-22)16-20-7-3-8-21-16;;/h3,7-8H,1-2,4-6,9-13,18H2,(H,19,25);2*1H. The number of nitrogens with one attached hydrogen (secondary N) is 1. The van der Waals surface area contributed by atoms with E-state index >= 15 is 0 Å². The van der Waals surface area contributed by atoms with Gasteiger partial charge in [-0.1, -0.05) is 12.8 Å². The first-order valence-electron chi connectivity index (χ1n) is 8.95. The molecule has 1 aromatic rings. The lowest BCUT2D eigenvalue weighted by Crippen LogP contribution is -2.53. The van der Waals surface area contributed by atoms with E-state index in [0.29, 0.717) is 45.1 Å². The Morgan fingerprint density at radius 1 is 1.07 bits per heavy atom. The zero-order valence-electron chi connectivity index (χ0n) is 15.3. The van der Waals surface area contributed by atoms with Gasteiger partial charge in [0.05, 0.1) is 5.54 Å². The van der Waals surface area contributed by atoms with E-state index in [0.717, 1.165) is 25.7 Å². The van der Waals surface area contributed by atoms with Crippen molar-refractivity contribution in [2.45, 2.75) is 37.6 Å². The number of piperazine rings is 1. The zero-order chi connectivity index (χ0) is 17.7. The van der Waals surface area contributed by atoms with Gasteiger partial charge in [-0.2, -0.15) is 0 Å². The van der Waals surface area contributed by atoms with Crippen molar-refractivity contribution in [3.8, 4) is 0 Å². The highest BCUT2D eigenvalue weighted by Crippen LogP contribution is 2.27. The number of hydrogen-bond donors (Lipinski definition) is 2. The maximum absolute atomic E-state index is 12.3. The van der Waals surface area contributed by atoms with Gasteiger partial charge in [0.1, 0.15) is 0 Å². The van der Waals surface area contributed by atoms with Crippen molar-refractivity contribution >= 4 is 42.6 Å². The predicted octanol–water partition coefficient (Wildman–Crippen LogP) is 0.747. The summed E-state index contributed by atoms with van der Waals surface area (Å²) in [6.07, 6.45) is 7.21. The third-order valence-electron chi connectivity index (χ3n) is 5.04. The van der Waals surface area contributed by atoms with Gasteiger partial charge in [-0.05, 0) is 18.9 Å². The summed E-state index contributed by atoms with van der Waals surface area (Å²) >= 11 is 0. The second kappa shape index (κ2) is 10.6. The van der Waals surface area contributed by atoms with Crippen LogP contribution in [0, 0.1) is 0 Å². The van der Waals surface area contributed by atoms with Crippen molar-refractivity contribution in [3.63, 3.8) is 0 Å². The topological polar surface area (TPSA) is 104 Å². The Bertz CT molecular complexity index is 605. The summed E-state index contributed by atoms with van der Waals surface area (Å²) < 4.78 is 0. The van der Waals surface area contributed by atoms with Gasteiger partial charge in [0.15, 0.2) is 0 Å². The molecular weight excluding hydrogens is 391 g/mol. The van der Waals surface area contributed by atoms with Crippen molar-refractivity contribution in [1.82, 2.24) is 20.2 Å². The van der Waals surface area contributed by atoms with Crippen LogP contribution >= 0.6 is 24.8 Å². The molecule has 0 spiro atoms. The molecule has 8 nitrogen and oxygen atoms in total. The van der Waals surface area contributed by atoms with Gasteiger partial charge < -0.3 is 20.9 Å². The lowest BCUT2D eigenvalue weighted by Gasteiger charge is -2.34. The Morgan fingerprint density at radius 2 is 1.67 bits per heavy atom. The highest BCUT2D eigenvalue weighted by Gasteiger charge is 2.36. The van der Waals surface area contributed by atoms with Gasteiger partial charge in [-0.3, -0.25) is 9.59 Å². The zero-order valence-corrected chi connectivity index (χ0v) is 16.9. The Balaban J connectivity index is 0.00000182. The molecule has 2 heterocycles. The normalized spacial score (nSPS) is 18.3. The van der Waals surface area contributed by atoms with Gasteiger partial charge >= 0.3 is 0 Å². The van der Waals surface area contributed by atoms with E-state index in [1.165, 1.54) is 0 Å². The molecule has 27 heavy (non-hydrogen) atoms. The van der Waals surface area contributed by atoms with Gasteiger partial charge in [-0.15, -0.1) is 24.8 Å². The van der Waals surface area contributed by atoms with Crippen LogP contribution in [0.4, 0.5) is 5.95 Å². The Labute approximate surface area is 172 Å². The molecule has 1 aromatic heterocycles. The summed E-state index contributed by atoms with van der Waals surface area (Å²) in [4.78, 5) is 36.8. The Morgan fingerprint density at radius 3 is 2.26 bits per heavy atom. The molecule has 0 aromatic carbocycles. The quantitative estimate of drug-likeness (QED) is 0.730. The fourth-order valence-corrected chi connectivity index (χ4v) is 3.46. The van der Waals surface area contributed by atoms with Crippen LogP contribution < -0.4 is 16.0 Å². The predicted molar refractivity (Wildman–Crippen MR) is 108 cm³/mol. The number of aromatic nitrogens is 2. The lowest BCUT2D eigenvalue weighted by atomic mass is 9.98. The van der Waals surface area contributed by atoms with E-state index in [4.69, 9.17) is 5.73 Å². The highest BCUT2D eigenvalue weighted by atomic mass is 35.5. The summed E-state index contributed by atoms with van der Waals surface area (Å²) in [5, 5.41) is 2.83. The van der Waals surface area contributed by atoms with E-state index in [1.807, 2.05) is 4.90 Å². The maximum atomic E-state index is 12.3. The van der Waals surface area contributed by atoms with Crippen LogP contribution in [0.15, 0.2) is 18.5 Å². The number of nitrogens with zero attached hydrogens (tertiary/aromatic N) is 4. The summed E-state index contributed by atoms with van der Waals surface area (Å²) in [6, 6.07) is 1.79. The smallest absolute Gasteiger partial charge is 0.240 e. The fraction of sp³-hybridized carbons (Fsp3) is 0.647. The monoisotopic (exact) mass is 418 g/mol. The van der Waals surface area contributed by atoms with Gasteiger partial charge in [0.2, 0.25) is 17.8 Å². The minimum atomic E-state index is -0.732. The van der Waals surface area contributed by atoms with Crippen molar-refractivity contribution in [1.29, 1.82) is 0 Å². The Kier molecular flexibility index (Phi) is 9.21. The van der Waals surface area contributed by atoms with Crippen LogP contribution in [0.2, 0.25) is 0 Å². The first-order valence-corrected chi connectivity index (χ1v) is 8.95. The third kappa shape index (κ3) is 5.92. The number of halogens is 2. The number of carbonyl (C=O) groups excluding carboxylic acids is 2. The van der Waals surface area contributed by atoms with E-state index in [1.54, 1.807) is 18.5 Å². The average molecular weight is 419 g/mol. The van der Waals surface area contributed by atoms with Crippen molar-refractivity contribution < 1.29 is 9.59 Å². The van der Waals surface area contributed by atoms with Crippen molar-refractivity contribution in [3.05, 3.63) is 18.5 Å². The van der Waals surface area contributed by atoms with Crippen LogP contribution in [0.3, 0.4) is 0 Å². The molecule has 2 aliphatic rings. The van der Waals surface area contributed by atoms with E-state index in [9.17, 15) is 9.59 Å². The van der Waals surface area contributed by atoms with Crippen LogP contribution in [-0.4, -0.2) is 64.9 Å². The van der Waals surface area contributed by atoms with Crippen molar-refractivity contribution in [2.24, 2.45) is 5.73 Å². The second-order valence-corrected chi connectivity index (χ2v) is 6.79. The average Bonchev–Trinajstić information content (AvgIpc) is 3.10. The molecule has 10 heteroatoms. The highest BCUT2D eigenvalue weighted by molar-refractivity contribution is 5.87.